The number of amides is 1. The molecule has 0 radical (unpaired) electrons. The zero-order chi connectivity index (χ0) is 15.3. The number of nitrogens with zero attached hydrogens (tertiary/aromatic N) is 2. The fourth-order valence-corrected chi connectivity index (χ4v) is 1.35. The lowest BCUT2D eigenvalue weighted by Crippen LogP contribution is -2.40. The first-order chi connectivity index (χ1) is 9.23. The molecule has 1 heterocycles. The van der Waals surface area contributed by atoms with Gasteiger partial charge < -0.3 is 9.84 Å². The van der Waals surface area contributed by atoms with Crippen molar-refractivity contribution in [3.8, 4) is 0 Å². The summed E-state index contributed by atoms with van der Waals surface area (Å²) in [5.74, 6) is -1.17. The van der Waals surface area contributed by atoms with Gasteiger partial charge in [0.25, 0.3) is 0 Å². The number of anilines is 1. The molecule has 0 aromatic carbocycles. The molecule has 1 amide bonds. The highest BCUT2D eigenvalue weighted by atomic mass is 16.6. The van der Waals surface area contributed by atoms with Gasteiger partial charge in [0.2, 0.25) is 0 Å². The average Bonchev–Trinajstić information content (AvgIpc) is 2.33. The van der Waals surface area contributed by atoms with Crippen LogP contribution in [0.3, 0.4) is 0 Å². The van der Waals surface area contributed by atoms with Crippen molar-refractivity contribution in [2.45, 2.75) is 26.4 Å². The van der Waals surface area contributed by atoms with Gasteiger partial charge in [-0.25, -0.2) is 9.78 Å². The van der Waals surface area contributed by atoms with Crippen LogP contribution in [-0.2, 0) is 9.53 Å². The van der Waals surface area contributed by atoms with Crippen LogP contribution in [0.2, 0.25) is 0 Å². The highest BCUT2D eigenvalue weighted by Gasteiger charge is 2.26. The number of carbonyl (C=O) groups is 3. The van der Waals surface area contributed by atoms with Crippen LogP contribution in [0.25, 0.3) is 0 Å². The van der Waals surface area contributed by atoms with Crippen molar-refractivity contribution in [3.05, 3.63) is 23.9 Å². The molecule has 0 aliphatic heterocycles. The van der Waals surface area contributed by atoms with Gasteiger partial charge in [-0.05, 0) is 32.9 Å². The maximum atomic E-state index is 12.0. The third-order valence-electron chi connectivity index (χ3n) is 2.06. The Morgan fingerprint density at radius 3 is 2.55 bits per heavy atom. The van der Waals surface area contributed by atoms with Crippen LogP contribution < -0.4 is 4.90 Å². The minimum absolute atomic E-state index is 0.0475. The van der Waals surface area contributed by atoms with Gasteiger partial charge in [0.05, 0.1) is 0 Å². The van der Waals surface area contributed by atoms with E-state index in [9.17, 15) is 14.4 Å². The number of aliphatic carboxylic acids is 1. The molecule has 0 spiro atoms. The Morgan fingerprint density at radius 2 is 2.05 bits per heavy atom. The van der Waals surface area contributed by atoms with Crippen LogP contribution >= 0.6 is 0 Å². The van der Waals surface area contributed by atoms with Crippen molar-refractivity contribution in [1.29, 1.82) is 0 Å². The number of aromatic nitrogens is 1. The summed E-state index contributed by atoms with van der Waals surface area (Å²) in [5, 5.41) is 8.87. The van der Waals surface area contributed by atoms with E-state index in [0.29, 0.717) is 6.29 Å². The average molecular weight is 280 g/mol. The molecule has 0 saturated carbocycles. The van der Waals surface area contributed by atoms with Crippen LogP contribution in [0.1, 0.15) is 31.3 Å². The van der Waals surface area contributed by atoms with Gasteiger partial charge >= 0.3 is 12.1 Å². The van der Waals surface area contributed by atoms with Crippen molar-refractivity contribution in [2.75, 3.05) is 11.4 Å². The number of hydrogen-bond acceptors (Lipinski definition) is 5. The predicted octanol–water partition coefficient (Wildman–Crippen LogP) is 1.72. The summed E-state index contributed by atoms with van der Waals surface area (Å²) in [6, 6.07) is 4.38. The summed E-state index contributed by atoms with van der Waals surface area (Å²) >= 11 is 0. The predicted molar refractivity (Wildman–Crippen MR) is 70.8 cm³/mol. The van der Waals surface area contributed by atoms with Gasteiger partial charge in [-0.15, -0.1) is 0 Å². The minimum Gasteiger partial charge on any atom is -0.480 e. The highest BCUT2D eigenvalue weighted by molar-refractivity contribution is 5.92. The molecule has 7 nitrogen and oxygen atoms in total. The smallest absolute Gasteiger partial charge is 0.416 e. The monoisotopic (exact) mass is 280 g/mol. The van der Waals surface area contributed by atoms with E-state index in [1.165, 1.54) is 18.2 Å². The van der Waals surface area contributed by atoms with Crippen molar-refractivity contribution < 1.29 is 24.2 Å². The van der Waals surface area contributed by atoms with Crippen molar-refractivity contribution >= 4 is 24.2 Å². The summed E-state index contributed by atoms with van der Waals surface area (Å²) in [6.45, 7) is 4.39. The molecule has 0 aliphatic carbocycles. The Labute approximate surface area is 116 Å². The summed E-state index contributed by atoms with van der Waals surface area (Å²) in [6.07, 6.45) is -0.326. The first kappa shape index (κ1) is 15.6. The van der Waals surface area contributed by atoms with Crippen LogP contribution in [0.5, 0.6) is 0 Å². The van der Waals surface area contributed by atoms with Crippen LogP contribution in [0.15, 0.2) is 18.2 Å². The van der Waals surface area contributed by atoms with E-state index in [4.69, 9.17) is 9.84 Å². The summed E-state index contributed by atoms with van der Waals surface area (Å²) in [7, 11) is 0. The van der Waals surface area contributed by atoms with Crippen molar-refractivity contribution in [1.82, 2.24) is 4.98 Å². The second kappa shape index (κ2) is 6.14. The normalized spacial score (nSPS) is 10.8. The molecular weight excluding hydrogens is 264 g/mol. The number of rotatable bonds is 4. The molecule has 1 aromatic rings. The number of carbonyl (C=O) groups excluding carboxylic acids is 2. The van der Waals surface area contributed by atoms with Crippen LogP contribution in [0.4, 0.5) is 10.6 Å². The molecule has 20 heavy (non-hydrogen) atoms. The lowest BCUT2D eigenvalue weighted by molar-refractivity contribution is -0.135. The molecule has 108 valence electrons. The lowest BCUT2D eigenvalue weighted by Gasteiger charge is -2.25. The van der Waals surface area contributed by atoms with Gasteiger partial charge in [-0.2, -0.15) is 0 Å². The Balaban J connectivity index is 3.07. The second-order valence-corrected chi connectivity index (χ2v) is 5.00. The molecule has 0 bridgehead atoms. The third-order valence-corrected chi connectivity index (χ3v) is 2.06. The van der Waals surface area contributed by atoms with E-state index >= 15 is 0 Å². The summed E-state index contributed by atoms with van der Waals surface area (Å²) in [4.78, 5) is 38.3. The Bertz CT molecular complexity index is 522. The first-order valence-corrected chi connectivity index (χ1v) is 5.87. The minimum atomic E-state index is -1.21. The van der Waals surface area contributed by atoms with E-state index in [1.54, 1.807) is 20.8 Å². The molecule has 0 saturated heterocycles. The van der Waals surface area contributed by atoms with E-state index < -0.39 is 24.2 Å². The molecule has 0 unspecified atom stereocenters. The van der Waals surface area contributed by atoms with Crippen molar-refractivity contribution in [2.24, 2.45) is 0 Å². The number of hydrogen-bond donors (Lipinski definition) is 1. The number of ether oxygens (including phenoxy) is 1. The number of pyridine rings is 1. The zero-order valence-electron chi connectivity index (χ0n) is 11.5. The molecule has 1 N–H and O–H groups in total. The fourth-order valence-electron chi connectivity index (χ4n) is 1.35. The summed E-state index contributed by atoms with van der Waals surface area (Å²) < 4.78 is 5.12. The van der Waals surface area contributed by atoms with E-state index in [0.717, 1.165) is 4.90 Å². The van der Waals surface area contributed by atoms with Gasteiger partial charge in [0.15, 0.2) is 6.29 Å². The van der Waals surface area contributed by atoms with Gasteiger partial charge in [0, 0.05) is 0 Å². The standard InChI is InChI=1S/C13H16N2O5/c1-13(2,3)20-12(19)15(7-11(17)18)10-6-4-5-9(8-16)14-10/h4-6,8H,7H2,1-3H3,(H,17,18). The fraction of sp³-hybridized carbons (Fsp3) is 0.385. The number of carboxylic acids is 1. The molecule has 1 aromatic heterocycles. The Hall–Kier alpha value is -2.44. The molecule has 0 aliphatic rings. The SMILES string of the molecule is CC(C)(C)OC(=O)N(CC(=O)O)c1cccc(C=O)n1. The van der Waals surface area contributed by atoms with Gasteiger partial charge in [-0.3, -0.25) is 14.5 Å². The first-order valence-electron chi connectivity index (χ1n) is 5.87. The zero-order valence-corrected chi connectivity index (χ0v) is 11.5. The lowest BCUT2D eigenvalue weighted by atomic mass is 10.2. The highest BCUT2D eigenvalue weighted by Crippen LogP contribution is 2.16. The van der Waals surface area contributed by atoms with Gasteiger partial charge in [-0.1, -0.05) is 6.07 Å². The van der Waals surface area contributed by atoms with Crippen LogP contribution in [0, 0.1) is 0 Å². The number of aldehydes is 1. The largest absolute Gasteiger partial charge is 0.480 e. The van der Waals surface area contributed by atoms with Crippen molar-refractivity contribution in [3.63, 3.8) is 0 Å². The number of carboxylic acid groups (broad SMARTS) is 1. The summed E-state index contributed by atoms with van der Waals surface area (Å²) in [5.41, 5.74) is -0.669. The topological polar surface area (TPSA) is 96.8 Å². The Kier molecular flexibility index (Phi) is 4.79. The molecule has 1 rings (SSSR count). The van der Waals surface area contributed by atoms with Crippen LogP contribution in [-0.4, -0.2) is 40.6 Å². The molecular formula is C13H16N2O5. The van der Waals surface area contributed by atoms with E-state index in [-0.39, 0.29) is 11.5 Å². The molecule has 0 atom stereocenters. The van der Waals surface area contributed by atoms with E-state index in [2.05, 4.69) is 4.98 Å². The second-order valence-electron chi connectivity index (χ2n) is 5.00. The quantitative estimate of drug-likeness (QED) is 0.843. The third kappa shape index (κ3) is 4.68. The van der Waals surface area contributed by atoms with E-state index in [1.807, 2.05) is 0 Å². The Morgan fingerprint density at radius 1 is 1.40 bits per heavy atom. The molecule has 7 heteroatoms. The maximum Gasteiger partial charge on any atom is 0.416 e. The maximum absolute atomic E-state index is 12.0. The van der Waals surface area contributed by atoms with Gasteiger partial charge in [0.1, 0.15) is 23.7 Å². The molecule has 0 fully saturated rings.